The van der Waals surface area contributed by atoms with E-state index >= 15 is 0 Å². The summed E-state index contributed by atoms with van der Waals surface area (Å²) in [5, 5.41) is 8.37. The topological polar surface area (TPSA) is 56.2 Å². The number of pyridine rings is 1. The molecule has 0 fully saturated rings. The van der Waals surface area contributed by atoms with E-state index in [4.69, 9.17) is 5.73 Å². The Hall–Kier alpha value is -2.36. The Morgan fingerprint density at radius 2 is 2.00 bits per heavy atom. The van der Waals surface area contributed by atoms with Crippen LogP contribution in [0.1, 0.15) is 17.0 Å². The van der Waals surface area contributed by atoms with Crippen LogP contribution in [0, 0.1) is 6.92 Å². The highest BCUT2D eigenvalue weighted by Crippen LogP contribution is 2.14. The molecule has 0 atom stereocenters. The molecule has 90 valence electrons. The van der Waals surface area contributed by atoms with E-state index in [1.54, 1.807) is 0 Å². The highest BCUT2D eigenvalue weighted by Gasteiger charge is 2.07. The van der Waals surface area contributed by atoms with E-state index in [2.05, 4.69) is 29.3 Å². The van der Waals surface area contributed by atoms with Crippen molar-refractivity contribution >= 4 is 11.3 Å². The fourth-order valence-electron chi connectivity index (χ4n) is 2.06. The van der Waals surface area contributed by atoms with Crippen molar-refractivity contribution in [3.05, 3.63) is 59.5 Å². The number of aromatic nitrogens is 3. The van der Waals surface area contributed by atoms with Gasteiger partial charge in [0.1, 0.15) is 5.82 Å². The number of aryl methyl sites for hydroxylation is 1. The average molecular weight is 238 g/mol. The molecular weight excluding hydrogens is 224 g/mol. The van der Waals surface area contributed by atoms with Crippen LogP contribution in [-0.4, -0.2) is 14.6 Å². The molecule has 18 heavy (non-hydrogen) atoms. The molecule has 0 aliphatic heterocycles. The molecule has 2 N–H and O–H groups in total. The molecule has 3 aromatic rings. The number of nitrogens with two attached hydrogens (primary N) is 1. The molecule has 0 bridgehead atoms. The third-order valence-corrected chi connectivity index (χ3v) is 3.11. The zero-order valence-corrected chi connectivity index (χ0v) is 10.2. The second-order valence-electron chi connectivity index (χ2n) is 4.41. The minimum atomic E-state index is 0.706. The smallest absolute Gasteiger partial charge is 0.162 e. The number of hydrogen-bond donors (Lipinski definition) is 1. The minimum absolute atomic E-state index is 0.706. The molecule has 0 saturated carbocycles. The molecule has 0 spiro atoms. The molecule has 2 aromatic heterocycles. The number of hydrogen-bond acceptors (Lipinski definition) is 3. The number of nitrogen functional groups attached to an aromatic ring is 1. The zero-order chi connectivity index (χ0) is 12.5. The van der Waals surface area contributed by atoms with Gasteiger partial charge in [-0.1, -0.05) is 24.3 Å². The first-order chi connectivity index (χ1) is 8.74. The molecule has 0 saturated heterocycles. The van der Waals surface area contributed by atoms with Gasteiger partial charge in [-0.05, 0) is 24.1 Å². The van der Waals surface area contributed by atoms with Crippen LogP contribution < -0.4 is 5.73 Å². The summed E-state index contributed by atoms with van der Waals surface area (Å²) in [5.74, 6) is 0.930. The molecule has 0 amide bonds. The largest absolute Gasteiger partial charge is 0.399 e. The molecule has 4 nitrogen and oxygen atoms in total. The summed E-state index contributed by atoms with van der Waals surface area (Å²) in [6, 6.07) is 12.0. The molecular formula is C14H14N4. The highest BCUT2D eigenvalue weighted by molar-refractivity contribution is 5.51. The van der Waals surface area contributed by atoms with E-state index in [1.165, 1.54) is 11.1 Å². The summed E-state index contributed by atoms with van der Waals surface area (Å²) in [4.78, 5) is 0. The van der Waals surface area contributed by atoms with Gasteiger partial charge < -0.3 is 5.73 Å². The van der Waals surface area contributed by atoms with Crippen molar-refractivity contribution in [1.82, 2.24) is 14.6 Å². The Morgan fingerprint density at radius 1 is 1.17 bits per heavy atom. The van der Waals surface area contributed by atoms with Crippen LogP contribution in [-0.2, 0) is 6.42 Å². The van der Waals surface area contributed by atoms with Crippen molar-refractivity contribution < 1.29 is 0 Å². The summed E-state index contributed by atoms with van der Waals surface area (Å²) in [6.45, 7) is 2.11. The van der Waals surface area contributed by atoms with Crippen LogP contribution in [0.2, 0.25) is 0 Å². The average Bonchev–Trinajstić information content (AvgIpc) is 2.74. The minimum Gasteiger partial charge on any atom is -0.399 e. The molecule has 0 aliphatic carbocycles. The van der Waals surface area contributed by atoms with E-state index in [-0.39, 0.29) is 0 Å². The third kappa shape index (κ3) is 1.82. The summed E-state index contributed by atoms with van der Waals surface area (Å²) >= 11 is 0. The lowest BCUT2D eigenvalue weighted by Crippen LogP contribution is -1.98. The van der Waals surface area contributed by atoms with Gasteiger partial charge >= 0.3 is 0 Å². The first kappa shape index (κ1) is 10.8. The van der Waals surface area contributed by atoms with Crippen molar-refractivity contribution in [3.8, 4) is 0 Å². The lowest BCUT2D eigenvalue weighted by molar-refractivity contribution is 0.929. The summed E-state index contributed by atoms with van der Waals surface area (Å²) < 4.78 is 1.98. The maximum absolute atomic E-state index is 5.73. The van der Waals surface area contributed by atoms with E-state index in [0.29, 0.717) is 5.69 Å². The first-order valence-corrected chi connectivity index (χ1v) is 5.88. The van der Waals surface area contributed by atoms with Crippen LogP contribution in [0.3, 0.4) is 0 Å². The number of fused-ring (bicyclic) bond motifs is 1. The summed E-state index contributed by atoms with van der Waals surface area (Å²) in [7, 11) is 0. The second-order valence-corrected chi connectivity index (χ2v) is 4.41. The van der Waals surface area contributed by atoms with Crippen molar-refractivity contribution in [3.63, 3.8) is 0 Å². The lowest BCUT2D eigenvalue weighted by Gasteiger charge is -2.04. The fourth-order valence-corrected chi connectivity index (χ4v) is 2.06. The predicted molar refractivity (Wildman–Crippen MR) is 71.4 cm³/mol. The SMILES string of the molecule is Cc1ccccc1Cc1nnc2cc(N)ccn12. The fraction of sp³-hybridized carbons (Fsp3) is 0.143. The normalized spacial score (nSPS) is 10.9. The Morgan fingerprint density at radius 3 is 2.83 bits per heavy atom. The molecule has 3 rings (SSSR count). The Kier molecular flexibility index (Phi) is 2.48. The molecule has 0 unspecified atom stereocenters. The quantitative estimate of drug-likeness (QED) is 0.744. The monoisotopic (exact) mass is 238 g/mol. The molecule has 4 heteroatoms. The van der Waals surface area contributed by atoms with Gasteiger partial charge in [0.05, 0.1) is 0 Å². The summed E-state index contributed by atoms with van der Waals surface area (Å²) in [5.41, 5.74) is 9.76. The zero-order valence-electron chi connectivity index (χ0n) is 10.2. The van der Waals surface area contributed by atoms with Gasteiger partial charge in [-0.25, -0.2) is 0 Å². The Balaban J connectivity index is 2.03. The second kappa shape index (κ2) is 4.14. The van der Waals surface area contributed by atoms with Crippen molar-refractivity contribution in [2.24, 2.45) is 0 Å². The number of rotatable bonds is 2. The van der Waals surface area contributed by atoms with Gasteiger partial charge in [-0.3, -0.25) is 4.40 Å². The first-order valence-electron chi connectivity index (χ1n) is 5.88. The summed E-state index contributed by atoms with van der Waals surface area (Å²) in [6.07, 6.45) is 2.69. The van der Waals surface area contributed by atoms with Crippen LogP contribution in [0.4, 0.5) is 5.69 Å². The highest BCUT2D eigenvalue weighted by atomic mass is 15.2. The van der Waals surface area contributed by atoms with Crippen molar-refractivity contribution in [2.45, 2.75) is 13.3 Å². The van der Waals surface area contributed by atoms with Gasteiger partial charge in [0.2, 0.25) is 0 Å². The third-order valence-electron chi connectivity index (χ3n) is 3.11. The molecule has 0 aliphatic rings. The maximum Gasteiger partial charge on any atom is 0.162 e. The maximum atomic E-state index is 5.73. The van der Waals surface area contributed by atoms with Gasteiger partial charge in [-0.15, -0.1) is 10.2 Å². The Bertz CT molecular complexity index is 700. The number of anilines is 1. The lowest BCUT2D eigenvalue weighted by atomic mass is 10.1. The van der Waals surface area contributed by atoms with Crippen LogP contribution in [0.25, 0.3) is 5.65 Å². The van der Waals surface area contributed by atoms with E-state index in [1.807, 2.05) is 34.9 Å². The van der Waals surface area contributed by atoms with Gasteiger partial charge in [0, 0.05) is 24.4 Å². The molecule has 2 heterocycles. The van der Waals surface area contributed by atoms with Crippen LogP contribution in [0.5, 0.6) is 0 Å². The molecule has 0 radical (unpaired) electrons. The van der Waals surface area contributed by atoms with Crippen molar-refractivity contribution in [1.29, 1.82) is 0 Å². The van der Waals surface area contributed by atoms with Gasteiger partial charge in [-0.2, -0.15) is 0 Å². The van der Waals surface area contributed by atoms with Crippen molar-refractivity contribution in [2.75, 3.05) is 5.73 Å². The molecule has 1 aromatic carbocycles. The van der Waals surface area contributed by atoms with E-state index in [0.717, 1.165) is 17.9 Å². The predicted octanol–water partition coefficient (Wildman–Crippen LogP) is 2.21. The van der Waals surface area contributed by atoms with Gasteiger partial charge in [0.25, 0.3) is 0 Å². The van der Waals surface area contributed by atoms with Gasteiger partial charge in [0.15, 0.2) is 5.65 Å². The Labute approximate surface area is 105 Å². The van der Waals surface area contributed by atoms with Crippen LogP contribution in [0.15, 0.2) is 42.6 Å². The standard InChI is InChI=1S/C14H14N4/c1-10-4-2-3-5-11(10)8-13-16-17-14-9-12(15)6-7-18(13)14/h2-7,9H,8,15H2,1H3. The number of nitrogens with zero attached hydrogens (tertiary/aromatic N) is 3. The van der Waals surface area contributed by atoms with Crippen LogP contribution >= 0.6 is 0 Å². The van der Waals surface area contributed by atoms with E-state index < -0.39 is 0 Å². The van der Waals surface area contributed by atoms with E-state index in [9.17, 15) is 0 Å². The number of benzene rings is 1.